The second-order valence-corrected chi connectivity index (χ2v) is 9.69. The summed E-state index contributed by atoms with van der Waals surface area (Å²) in [6.07, 6.45) is 16.4. The van der Waals surface area contributed by atoms with Crippen molar-refractivity contribution in [3.05, 3.63) is 103 Å². The summed E-state index contributed by atoms with van der Waals surface area (Å²) >= 11 is 0. The van der Waals surface area contributed by atoms with Gasteiger partial charge in [-0.2, -0.15) is 15.3 Å². The number of allylic oxidation sites excluding steroid dienone is 3. The SMILES string of the molecule is C=CC(/C=N\N(C)c1ccccc1)=C\C=[NH+]CCCCCC[n+]1ccc(N=Nc2ccc(N(CC)CC)cc2)cc1.[Br-].[Br-]. The molecule has 0 radical (unpaired) electrons. The lowest BCUT2D eigenvalue weighted by molar-refractivity contribution is -0.697. The summed E-state index contributed by atoms with van der Waals surface area (Å²) in [5, 5.41) is 15.1. The molecule has 1 heterocycles. The van der Waals surface area contributed by atoms with Gasteiger partial charge in [-0.25, -0.2) is 9.56 Å². The lowest BCUT2D eigenvalue weighted by atomic mass is 10.2. The molecule has 1 aromatic heterocycles. The van der Waals surface area contributed by atoms with E-state index in [1.54, 1.807) is 6.08 Å². The van der Waals surface area contributed by atoms with Gasteiger partial charge < -0.3 is 38.9 Å². The van der Waals surface area contributed by atoms with Crippen molar-refractivity contribution in [2.24, 2.45) is 15.3 Å². The minimum atomic E-state index is 0. The number of aryl methyl sites for hydroxylation is 1. The van der Waals surface area contributed by atoms with E-state index < -0.39 is 0 Å². The Kier molecular flexibility index (Phi) is 19.4. The summed E-state index contributed by atoms with van der Waals surface area (Å²) in [7, 11) is 1.93. The van der Waals surface area contributed by atoms with Gasteiger partial charge in [0.25, 0.3) is 0 Å². The van der Waals surface area contributed by atoms with Crippen LogP contribution >= 0.6 is 0 Å². The number of anilines is 2. The van der Waals surface area contributed by atoms with Crippen molar-refractivity contribution in [1.82, 2.24) is 0 Å². The van der Waals surface area contributed by atoms with Crippen LogP contribution in [-0.4, -0.2) is 39.1 Å². The maximum Gasteiger partial charge on any atom is 0.171 e. The molecule has 7 nitrogen and oxygen atoms in total. The number of para-hydroxylation sites is 1. The Morgan fingerprint density at radius 1 is 0.814 bits per heavy atom. The number of azo groups is 1. The van der Waals surface area contributed by atoms with Crippen LogP contribution in [0.4, 0.5) is 22.7 Å². The van der Waals surface area contributed by atoms with Crippen molar-refractivity contribution in [1.29, 1.82) is 0 Å². The van der Waals surface area contributed by atoms with Crippen molar-refractivity contribution in [2.45, 2.75) is 46.1 Å². The molecule has 0 aliphatic rings. The van der Waals surface area contributed by atoms with Gasteiger partial charge in [-0.3, -0.25) is 5.01 Å². The smallest absolute Gasteiger partial charge is 0.171 e. The molecule has 0 aliphatic heterocycles. The van der Waals surface area contributed by atoms with Gasteiger partial charge in [0.15, 0.2) is 18.6 Å². The Morgan fingerprint density at radius 2 is 1.44 bits per heavy atom. The van der Waals surface area contributed by atoms with E-state index in [4.69, 9.17) is 0 Å². The predicted octanol–water partition coefficient (Wildman–Crippen LogP) is 0.190. The van der Waals surface area contributed by atoms with Crippen LogP contribution in [-0.2, 0) is 6.54 Å². The number of rotatable bonds is 17. The predicted molar refractivity (Wildman–Crippen MR) is 173 cm³/mol. The maximum absolute atomic E-state index is 4.49. The number of hydrazone groups is 1. The zero-order valence-corrected chi connectivity index (χ0v) is 28.8. The minimum Gasteiger partial charge on any atom is -1.00 e. The van der Waals surface area contributed by atoms with Crippen LogP contribution in [0.3, 0.4) is 0 Å². The first-order valence-electron chi connectivity index (χ1n) is 14.6. The third-order valence-electron chi connectivity index (χ3n) is 6.76. The number of nitrogens with zero attached hydrogens (tertiary/aromatic N) is 6. The molecular weight excluding hydrogens is 666 g/mol. The van der Waals surface area contributed by atoms with Crippen molar-refractivity contribution in [3.63, 3.8) is 0 Å². The Labute approximate surface area is 279 Å². The summed E-state index contributed by atoms with van der Waals surface area (Å²) in [6, 6.07) is 22.3. The fraction of sp³-hybridized carbons (Fsp3) is 0.324. The van der Waals surface area contributed by atoms with Gasteiger partial charge in [0.05, 0.1) is 23.3 Å². The summed E-state index contributed by atoms with van der Waals surface area (Å²) in [6.45, 7) is 12.2. The lowest BCUT2D eigenvalue weighted by Gasteiger charge is -2.20. The van der Waals surface area contributed by atoms with Crippen LogP contribution in [0.1, 0.15) is 39.5 Å². The number of unbranched alkanes of at least 4 members (excludes halogenated alkanes) is 3. The van der Waals surface area contributed by atoms with Gasteiger partial charge >= 0.3 is 0 Å². The van der Waals surface area contributed by atoms with Gasteiger partial charge in [-0.05, 0) is 68.7 Å². The number of benzene rings is 2. The van der Waals surface area contributed by atoms with Crippen LogP contribution < -0.4 is 53.4 Å². The number of halogens is 2. The first-order chi connectivity index (χ1) is 20.1. The molecule has 0 atom stereocenters. The molecule has 0 aliphatic carbocycles. The number of nitrogens with one attached hydrogen (secondary N) is 1. The molecule has 0 bridgehead atoms. The Hall–Kier alpha value is -3.43. The summed E-state index contributed by atoms with van der Waals surface area (Å²) in [5.74, 6) is 0. The van der Waals surface area contributed by atoms with Crippen LogP contribution in [0.5, 0.6) is 0 Å². The fourth-order valence-corrected chi connectivity index (χ4v) is 4.24. The molecule has 0 unspecified atom stereocenters. The monoisotopic (exact) mass is 709 g/mol. The van der Waals surface area contributed by atoms with Crippen molar-refractivity contribution in [2.75, 3.05) is 36.6 Å². The van der Waals surface area contributed by atoms with E-state index in [2.05, 4.69) is 74.7 Å². The molecule has 0 amide bonds. The summed E-state index contributed by atoms with van der Waals surface area (Å²) in [5.41, 5.74) is 4.93. The van der Waals surface area contributed by atoms with E-state index in [1.165, 1.54) is 18.5 Å². The van der Waals surface area contributed by atoms with E-state index in [1.807, 2.05) is 85.2 Å². The average Bonchev–Trinajstić information content (AvgIpc) is 3.02. The highest BCUT2D eigenvalue weighted by molar-refractivity contribution is 5.88. The van der Waals surface area contributed by atoms with Crippen LogP contribution in [0, 0.1) is 0 Å². The molecule has 230 valence electrons. The maximum atomic E-state index is 4.49. The highest BCUT2D eigenvalue weighted by Crippen LogP contribution is 2.21. The van der Waals surface area contributed by atoms with Gasteiger partial charge in [-0.15, -0.1) is 0 Å². The third-order valence-corrected chi connectivity index (χ3v) is 6.76. The van der Waals surface area contributed by atoms with Crippen LogP contribution in [0.25, 0.3) is 0 Å². The van der Waals surface area contributed by atoms with Gasteiger partial charge in [0.2, 0.25) is 0 Å². The van der Waals surface area contributed by atoms with Crippen molar-refractivity contribution >= 4 is 35.2 Å². The Bertz CT molecular complexity index is 1280. The second kappa shape index (κ2) is 22.2. The lowest BCUT2D eigenvalue weighted by Crippen LogP contribution is -3.00. The van der Waals surface area contributed by atoms with E-state index >= 15 is 0 Å². The van der Waals surface area contributed by atoms with Gasteiger partial charge in [0, 0.05) is 56.9 Å². The average molecular weight is 712 g/mol. The Balaban J connectivity index is 0.00000462. The van der Waals surface area contributed by atoms with Gasteiger partial charge in [-0.1, -0.05) is 30.9 Å². The number of pyridine rings is 1. The third kappa shape index (κ3) is 14.1. The quantitative estimate of drug-likeness (QED) is 0.0544. The van der Waals surface area contributed by atoms with Crippen LogP contribution in [0.15, 0.2) is 119 Å². The van der Waals surface area contributed by atoms with E-state index in [-0.39, 0.29) is 34.0 Å². The molecular formula is C34H45Br2N7. The zero-order valence-electron chi connectivity index (χ0n) is 25.6. The number of hydrogen-bond acceptors (Lipinski definition) is 5. The fourth-order valence-electron chi connectivity index (χ4n) is 4.24. The largest absolute Gasteiger partial charge is 1.00 e. The van der Waals surface area contributed by atoms with E-state index in [0.717, 1.165) is 61.7 Å². The summed E-state index contributed by atoms with van der Waals surface area (Å²) < 4.78 is 2.21. The van der Waals surface area contributed by atoms with Crippen molar-refractivity contribution < 1.29 is 43.5 Å². The first-order valence-corrected chi connectivity index (χ1v) is 14.6. The molecule has 2 aromatic carbocycles. The van der Waals surface area contributed by atoms with Crippen molar-refractivity contribution in [3.8, 4) is 0 Å². The topological polar surface area (TPSA) is 61.4 Å². The normalized spacial score (nSPS) is 11.5. The molecule has 1 N–H and O–H groups in total. The number of aromatic nitrogens is 1. The second-order valence-electron chi connectivity index (χ2n) is 9.69. The molecule has 0 spiro atoms. The molecule has 43 heavy (non-hydrogen) atoms. The summed E-state index contributed by atoms with van der Waals surface area (Å²) in [4.78, 5) is 5.68. The highest BCUT2D eigenvalue weighted by Gasteiger charge is 2.03. The van der Waals surface area contributed by atoms with Gasteiger partial charge in [0.1, 0.15) is 13.1 Å². The van der Waals surface area contributed by atoms with Crippen LogP contribution in [0.2, 0.25) is 0 Å². The first kappa shape index (κ1) is 37.6. The van der Waals surface area contributed by atoms with E-state index in [0.29, 0.717) is 0 Å². The van der Waals surface area contributed by atoms with E-state index in [9.17, 15) is 0 Å². The molecule has 0 saturated heterocycles. The highest BCUT2D eigenvalue weighted by atomic mass is 79.9. The molecule has 0 saturated carbocycles. The Morgan fingerprint density at radius 3 is 2.07 bits per heavy atom. The minimum absolute atomic E-state index is 0. The standard InChI is InChI=1S/C34H44N7.2BrH/c1-5-30(29-36-39(4)33-15-11-10-12-16-33)21-25-35-24-13-8-9-14-26-40-27-22-32(23-28-40)38-37-31-17-19-34(20-18-31)41(6-2)7-3;;/h5,10-12,15-23,25,27-29H,1,6-9,13-14,24,26H2,2-4H3;2*1H/q+1;;/p-1/b30-21+,35-25?,36-29-;;. The zero-order chi connectivity index (χ0) is 29.1. The number of hydrogen-bond donors (Lipinski definition) is 1. The molecule has 3 aromatic rings. The molecule has 0 fully saturated rings. The molecule has 3 rings (SSSR count). The molecule has 9 heteroatoms.